The van der Waals surface area contributed by atoms with Crippen molar-refractivity contribution in [2.75, 3.05) is 6.54 Å². The second-order valence-electron chi connectivity index (χ2n) is 5.57. The largest absolute Gasteiger partial charge is 0.417 e. The first kappa shape index (κ1) is 16.0. The summed E-state index contributed by atoms with van der Waals surface area (Å²) in [5, 5.41) is 2.84. The van der Waals surface area contributed by atoms with Gasteiger partial charge in [-0.15, -0.1) is 0 Å². The van der Waals surface area contributed by atoms with E-state index >= 15 is 0 Å². The lowest BCUT2D eigenvalue weighted by atomic mass is 10.1. The number of aromatic nitrogens is 1. The first-order valence-corrected chi connectivity index (χ1v) is 7.73. The maximum atomic E-state index is 13.1. The molecule has 0 atom stereocenters. The van der Waals surface area contributed by atoms with Gasteiger partial charge in [-0.1, -0.05) is 18.2 Å². The fourth-order valence-electron chi connectivity index (χ4n) is 2.54. The lowest BCUT2D eigenvalue weighted by Crippen LogP contribution is -2.25. The molecule has 2 N–H and O–H groups in total. The van der Waals surface area contributed by atoms with E-state index in [1.54, 1.807) is 18.2 Å². The third-order valence-corrected chi connectivity index (χ3v) is 3.75. The molecule has 0 saturated heterocycles. The van der Waals surface area contributed by atoms with Crippen LogP contribution in [0.15, 0.2) is 51.7 Å². The summed E-state index contributed by atoms with van der Waals surface area (Å²) >= 11 is 0. The van der Waals surface area contributed by atoms with Crippen molar-refractivity contribution in [1.82, 2.24) is 10.3 Å². The number of halogens is 1. The number of benzene rings is 2. The summed E-state index contributed by atoms with van der Waals surface area (Å²) in [7, 11) is 0. The number of hydrogen-bond donors (Lipinski definition) is 2. The molecule has 0 fully saturated rings. The number of aromatic amines is 1. The highest BCUT2D eigenvalue weighted by Gasteiger charge is 2.05. The predicted octanol–water partition coefficient (Wildman–Crippen LogP) is 2.55. The highest BCUT2D eigenvalue weighted by molar-refractivity contribution is 5.76. The number of rotatable bonds is 6. The van der Waals surface area contributed by atoms with Crippen LogP contribution >= 0.6 is 0 Å². The number of aryl methyl sites for hydroxylation is 1. The van der Waals surface area contributed by atoms with Crippen LogP contribution in [0.5, 0.6) is 0 Å². The van der Waals surface area contributed by atoms with Crippen molar-refractivity contribution in [3.63, 3.8) is 0 Å². The van der Waals surface area contributed by atoms with Gasteiger partial charge in [0, 0.05) is 13.0 Å². The molecular weight excluding hydrogens is 311 g/mol. The molecule has 0 radical (unpaired) electrons. The van der Waals surface area contributed by atoms with Gasteiger partial charge in [-0.3, -0.25) is 9.78 Å². The average Bonchev–Trinajstić information content (AvgIpc) is 2.92. The highest BCUT2D eigenvalue weighted by Crippen LogP contribution is 2.12. The molecule has 0 saturated carbocycles. The number of carbonyl (C=O) groups is 1. The topological polar surface area (TPSA) is 75.1 Å². The van der Waals surface area contributed by atoms with Gasteiger partial charge in [0.05, 0.1) is 5.52 Å². The van der Waals surface area contributed by atoms with Crippen LogP contribution in [0.2, 0.25) is 0 Å². The Morgan fingerprint density at radius 3 is 2.79 bits per heavy atom. The van der Waals surface area contributed by atoms with E-state index in [-0.39, 0.29) is 11.7 Å². The predicted molar refractivity (Wildman–Crippen MR) is 88.3 cm³/mol. The van der Waals surface area contributed by atoms with E-state index in [4.69, 9.17) is 4.42 Å². The standard InChI is InChI=1S/C18H17FN2O3/c19-14-3-1-2-12(10-14)5-7-17(22)20-9-8-13-4-6-16-15(11-13)21-18(23)24-16/h1-4,6,10-11H,5,7-9H2,(H,20,22)(H,21,23). The fraction of sp³-hybridized carbons (Fsp3) is 0.222. The molecule has 24 heavy (non-hydrogen) atoms. The zero-order valence-corrected chi connectivity index (χ0v) is 13.0. The van der Waals surface area contributed by atoms with E-state index in [1.807, 2.05) is 12.1 Å². The first-order valence-electron chi connectivity index (χ1n) is 7.73. The maximum Gasteiger partial charge on any atom is 0.417 e. The van der Waals surface area contributed by atoms with Crippen molar-refractivity contribution >= 4 is 17.0 Å². The van der Waals surface area contributed by atoms with Crippen LogP contribution in [0.4, 0.5) is 4.39 Å². The SMILES string of the molecule is O=C(CCc1cccc(F)c1)NCCc1ccc2oc(=O)[nH]c2c1. The molecule has 0 aliphatic carbocycles. The molecule has 1 heterocycles. The Bertz CT molecular complexity index is 914. The molecular formula is C18H17FN2O3. The summed E-state index contributed by atoms with van der Waals surface area (Å²) in [6, 6.07) is 11.7. The van der Waals surface area contributed by atoms with Gasteiger partial charge in [0.25, 0.3) is 0 Å². The number of H-pyrrole nitrogens is 1. The molecule has 124 valence electrons. The van der Waals surface area contributed by atoms with E-state index in [1.165, 1.54) is 12.1 Å². The normalized spacial score (nSPS) is 10.9. The molecule has 5 nitrogen and oxygen atoms in total. The van der Waals surface area contributed by atoms with Gasteiger partial charge in [-0.05, 0) is 48.2 Å². The van der Waals surface area contributed by atoms with Crippen molar-refractivity contribution in [1.29, 1.82) is 0 Å². The number of carbonyl (C=O) groups excluding carboxylic acids is 1. The maximum absolute atomic E-state index is 13.1. The van der Waals surface area contributed by atoms with Crippen LogP contribution in [0.25, 0.3) is 11.1 Å². The lowest BCUT2D eigenvalue weighted by molar-refractivity contribution is -0.121. The molecule has 0 aliphatic heterocycles. The Morgan fingerprint density at radius 1 is 1.12 bits per heavy atom. The molecule has 3 aromatic rings. The summed E-state index contributed by atoms with van der Waals surface area (Å²) in [5.41, 5.74) is 2.96. The van der Waals surface area contributed by atoms with Gasteiger partial charge in [-0.2, -0.15) is 0 Å². The highest BCUT2D eigenvalue weighted by atomic mass is 19.1. The number of hydrogen-bond acceptors (Lipinski definition) is 3. The van der Waals surface area contributed by atoms with Crippen molar-refractivity contribution in [2.24, 2.45) is 0 Å². The van der Waals surface area contributed by atoms with E-state index in [0.29, 0.717) is 36.9 Å². The summed E-state index contributed by atoms with van der Waals surface area (Å²) in [6.45, 7) is 0.496. The molecule has 1 aromatic heterocycles. The van der Waals surface area contributed by atoms with Crippen LogP contribution in [-0.2, 0) is 17.6 Å². The monoisotopic (exact) mass is 328 g/mol. The Labute approximate surface area is 137 Å². The Balaban J connectivity index is 1.46. The minimum absolute atomic E-state index is 0.0722. The fourth-order valence-corrected chi connectivity index (χ4v) is 2.54. The Morgan fingerprint density at radius 2 is 1.96 bits per heavy atom. The third-order valence-electron chi connectivity index (χ3n) is 3.75. The van der Waals surface area contributed by atoms with Gasteiger partial charge in [-0.25, -0.2) is 9.18 Å². The van der Waals surface area contributed by atoms with Gasteiger partial charge in [0.2, 0.25) is 5.91 Å². The second kappa shape index (κ2) is 7.12. The van der Waals surface area contributed by atoms with Crippen molar-refractivity contribution < 1.29 is 13.6 Å². The van der Waals surface area contributed by atoms with Crippen LogP contribution < -0.4 is 11.1 Å². The van der Waals surface area contributed by atoms with Crippen LogP contribution in [-0.4, -0.2) is 17.4 Å². The zero-order valence-electron chi connectivity index (χ0n) is 13.0. The van der Waals surface area contributed by atoms with E-state index in [2.05, 4.69) is 10.3 Å². The third kappa shape index (κ3) is 4.10. The van der Waals surface area contributed by atoms with Gasteiger partial charge in [0.15, 0.2) is 5.58 Å². The Kier molecular flexibility index (Phi) is 4.74. The van der Waals surface area contributed by atoms with E-state index in [9.17, 15) is 14.0 Å². The number of amides is 1. The average molecular weight is 328 g/mol. The molecule has 2 aromatic carbocycles. The summed E-state index contributed by atoms with van der Waals surface area (Å²) in [4.78, 5) is 25.6. The van der Waals surface area contributed by atoms with Gasteiger partial charge < -0.3 is 9.73 Å². The molecule has 1 amide bonds. The van der Waals surface area contributed by atoms with Crippen LogP contribution in [0.3, 0.4) is 0 Å². The molecule has 6 heteroatoms. The smallest absolute Gasteiger partial charge is 0.408 e. The summed E-state index contributed by atoms with van der Waals surface area (Å²) in [5.74, 6) is -0.842. The summed E-state index contributed by atoms with van der Waals surface area (Å²) in [6.07, 6.45) is 1.47. The summed E-state index contributed by atoms with van der Waals surface area (Å²) < 4.78 is 18.0. The van der Waals surface area contributed by atoms with Gasteiger partial charge in [0.1, 0.15) is 5.82 Å². The molecule has 0 unspecified atom stereocenters. The van der Waals surface area contributed by atoms with Gasteiger partial charge >= 0.3 is 5.76 Å². The zero-order chi connectivity index (χ0) is 16.9. The minimum atomic E-state index is -0.479. The van der Waals surface area contributed by atoms with Crippen molar-refractivity contribution in [2.45, 2.75) is 19.3 Å². The van der Waals surface area contributed by atoms with E-state index < -0.39 is 5.76 Å². The quantitative estimate of drug-likeness (QED) is 0.730. The van der Waals surface area contributed by atoms with Crippen LogP contribution in [0.1, 0.15) is 17.5 Å². The molecule has 0 aliphatic rings. The molecule has 0 bridgehead atoms. The number of nitrogens with one attached hydrogen (secondary N) is 2. The number of fused-ring (bicyclic) bond motifs is 1. The Hall–Kier alpha value is -2.89. The lowest BCUT2D eigenvalue weighted by Gasteiger charge is -2.06. The minimum Gasteiger partial charge on any atom is -0.408 e. The van der Waals surface area contributed by atoms with Crippen LogP contribution in [0, 0.1) is 5.82 Å². The number of oxazole rings is 1. The first-order chi connectivity index (χ1) is 11.6. The second-order valence-corrected chi connectivity index (χ2v) is 5.57. The van der Waals surface area contributed by atoms with E-state index in [0.717, 1.165) is 11.1 Å². The molecule has 0 spiro atoms. The molecule has 3 rings (SSSR count). The van der Waals surface area contributed by atoms with Crippen molar-refractivity contribution in [3.8, 4) is 0 Å². The van der Waals surface area contributed by atoms with Crippen molar-refractivity contribution in [3.05, 3.63) is 70.0 Å².